The van der Waals surface area contributed by atoms with Crippen LogP contribution in [0.15, 0.2) is 110 Å². The molecule has 188 valence electrons. The largest absolute Gasteiger partial charge is 0.397 e. The van der Waals surface area contributed by atoms with E-state index >= 15 is 0 Å². The van der Waals surface area contributed by atoms with Crippen molar-refractivity contribution in [3.8, 4) is 11.1 Å². The summed E-state index contributed by atoms with van der Waals surface area (Å²) in [4.78, 5) is 12.2. The van der Waals surface area contributed by atoms with Gasteiger partial charge in [-0.05, 0) is 52.1 Å². The first-order valence-corrected chi connectivity index (χ1v) is 13.1. The first-order valence-electron chi connectivity index (χ1n) is 11.6. The van der Waals surface area contributed by atoms with Crippen LogP contribution in [0.2, 0.25) is 0 Å². The van der Waals surface area contributed by atoms with Crippen molar-refractivity contribution in [2.75, 3.05) is 11.1 Å². The molecular formula is C29H28N4O3S. The molecule has 1 aromatic heterocycles. The van der Waals surface area contributed by atoms with Crippen molar-refractivity contribution in [2.24, 2.45) is 5.73 Å². The summed E-state index contributed by atoms with van der Waals surface area (Å²) in [6.45, 7) is 4.24. The monoisotopic (exact) mass is 512 g/mol. The Labute approximate surface area is 216 Å². The topological polar surface area (TPSA) is 120 Å². The lowest BCUT2D eigenvalue weighted by Crippen LogP contribution is -2.18. The van der Waals surface area contributed by atoms with Gasteiger partial charge in [-0.2, -0.15) is 0 Å². The van der Waals surface area contributed by atoms with Crippen LogP contribution in [0.25, 0.3) is 17.2 Å². The molecule has 0 saturated carbocycles. The molecule has 1 unspecified atom stereocenters. The van der Waals surface area contributed by atoms with Crippen LogP contribution in [0.5, 0.6) is 0 Å². The molecular weight excluding hydrogens is 484 g/mol. The number of hydrogen-bond acceptors (Lipinski definition) is 5. The van der Waals surface area contributed by atoms with Crippen molar-refractivity contribution in [1.29, 1.82) is 0 Å². The van der Waals surface area contributed by atoms with E-state index in [1.807, 2.05) is 36.4 Å². The third-order valence-electron chi connectivity index (χ3n) is 5.93. The maximum absolute atomic E-state index is 13.4. The zero-order valence-electron chi connectivity index (χ0n) is 20.1. The Bertz CT molecular complexity index is 1540. The molecule has 4 aromatic rings. The van der Waals surface area contributed by atoms with Gasteiger partial charge in [0, 0.05) is 25.0 Å². The smallest absolute Gasteiger partial charge is 0.249 e. The van der Waals surface area contributed by atoms with Gasteiger partial charge in [-0.3, -0.25) is 8.77 Å². The third kappa shape index (κ3) is 5.88. The SMILES string of the molecule is C=CC(c1ccc(-c2ccc(CN)cc2)cc1)S(=O)(=O)n1ccc(/C=C/C(=O)Nc2ccccc2N)c1. The minimum absolute atomic E-state index is 0.379. The molecule has 0 spiro atoms. The first kappa shape index (κ1) is 25.7. The van der Waals surface area contributed by atoms with Gasteiger partial charge in [0.1, 0.15) is 5.25 Å². The fourth-order valence-corrected chi connectivity index (χ4v) is 5.37. The maximum atomic E-state index is 13.4. The number of nitrogen functional groups attached to an aromatic ring is 1. The van der Waals surface area contributed by atoms with Crippen molar-refractivity contribution < 1.29 is 13.2 Å². The summed E-state index contributed by atoms with van der Waals surface area (Å²) in [6.07, 6.45) is 7.18. The second-order valence-electron chi connectivity index (χ2n) is 8.41. The number of amides is 1. The van der Waals surface area contributed by atoms with Crippen molar-refractivity contribution in [2.45, 2.75) is 11.8 Å². The number of benzene rings is 3. The molecule has 0 aliphatic rings. The molecule has 1 heterocycles. The van der Waals surface area contributed by atoms with Crippen molar-refractivity contribution in [3.63, 3.8) is 0 Å². The number of carbonyl (C=O) groups excluding carboxylic acids is 1. The van der Waals surface area contributed by atoms with Gasteiger partial charge in [0.25, 0.3) is 0 Å². The molecule has 0 fully saturated rings. The van der Waals surface area contributed by atoms with Crippen LogP contribution >= 0.6 is 0 Å². The van der Waals surface area contributed by atoms with Crippen LogP contribution < -0.4 is 16.8 Å². The highest BCUT2D eigenvalue weighted by Crippen LogP contribution is 2.29. The zero-order chi connectivity index (χ0) is 26.4. The van der Waals surface area contributed by atoms with E-state index in [0.29, 0.717) is 29.0 Å². The highest BCUT2D eigenvalue weighted by Gasteiger charge is 2.26. The summed E-state index contributed by atoms with van der Waals surface area (Å²) in [6, 6.07) is 23.8. The van der Waals surface area contributed by atoms with E-state index in [2.05, 4.69) is 11.9 Å². The molecule has 3 aromatic carbocycles. The second kappa shape index (κ2) is 11.1. The van der Waals surface area contributed by atoms with Crippen molar-refractivity contribution in [1.82, 2.24) is 3.97 Å². The van der Waals surface area contributed by atoms with E-state index in [1.54, 1.807) is 42.5 Å². The van der Waals surface area contributed by atoms with Gasteiger partial charge >= 0.3 is 0 Å². The number of carbonyl (C=O) groups is 1. The van der Waals surface area contributed by atoms with Crippen LogP contribution in [0.4, 0.5) is 11.4 Å². The quantitative estimate of drug-likeness (QED) is 0.166. The van der Waals surface area contributed by atoms with Gasteiger partial charge in [0.2, 0.25) is 15.9 Å². The van der Waals surface area contributed by atoms with Gasteiger partial charge in [-0.1, -0.05) is 66.7 Å². The Kier molecular flexibility index (Phi) is 7.71. The molecule has 8 heteroatoms. The predicted octanol–water partition coefficient (Wildman–Crippen LogP) is 4.95. The van der Waals surface area contributed by atoms with E-state index in [9.17, 15) is 13.2 Å². The lowest BCUT2D eigenvalue weighted by atomic mass is 10.0. The molecule has 1 amide bonds. The third-order valence-corrected chi connectivity index (χ3v) is 7.85. The molecule has 0 saturated heterocycles. The summed E-state index contributed by atoms with van der Waals surface area (Å²) in [7, 11) is -3.83. The molecule has 1 atom stereocenters. The first-order chi connectivity index (χ1) is 17.8. The number of nitrogens with two attached hydrogens (primary N) is 2. The van der Waals surface area contributed by atoms with Gasteiger partial charge < -0.3 is 16.8 Å². The Morgan fingerprint density at radius 1 is 0.973 bits per heavy atom. The average molecular weight is 513 g/mol. The summed E-state index contributed by atoms with van der Waals surface area (Å²) in [5.74, 6) is -0.379. The number of rotatable bonds is 9. The zero-order valence-corrected chi connectivity index (χ0v) is 20.9. The van der Waals surface area contributed by atoms with Gasteiger partial charge in [-0.15, -0.1) is 6.58 Å². The van der Waals surface area contributed by atoms with E-state index < -0.39 is 15.3 Å². The minimum Gasteiger partial charge on any atom is -0.397 e. The highest BCUT2D eigenvalue weighted by atomic mass is 32.2. The van der Waals surface area contributed by atoms with Gasteiger partial charge in [0.05, 0.1) is 11.4 Å². The second-order valence-corrected chi connectivity index (χ2v) is 10.4. The van der Waals surface area contributed by atoms with E-state index in [1.165, 1.54) is 30.6 Å². The fourth-order valence-electron chi connectivity index (χ4n) is 3.87. The number of nitrogens with zero attached hydrogens (tertiary/aromatic N) is 1. The van der Waals surface area contributed by atoms with Crippen LogP contribution in [-0.2, 0) is 21.4 Å². The number of nitrogens with one attached hydrogen (secondary N) is 1. The molecule has 0 radical (unpaired) electrons. The average Bonchev–Trinajstić information content (AvgIpc) is 3.40. The predicted molar refractivity (Wildman–Crippen MR) is 150 cm³/mol. The standard InChI is InChI=1S/C29H28N4O3S/c1-2-28(25-14-12-24(13-15-25)23-10-7-21(19-30)8-11-23)37(35,36)33-18-17-22(20-33)9-16-29(34)32-27-6-4-3-5-26(27)31/h2-18,20,28H,1,19,30-31H2,(H,32,34)/b16-9+. The van der Waals surface area contributed by atoms with Crippen LogP contribution in [-0.4, -0.2) is 18.3 Å². The molecule has 0 aliphatic heterocycles. The Morgan fingerprint density at radius 3 is 2.24 bits per heavy atom. The highest BCUT2D eigenvalue weighted by molar-refractivity contribution is 7.90. The number of anilines is 2. The molecule has 4 rings (SSSR count). The summed E-state index contributed by atoms with van der Waals surface area (Å²) in [5, 5.41) is 1.74. The van der Waals surface area contributed by atoms with Crippen LogP contribution in [0, 0.1) is 0 Å². The van der Waals surface area contributed by atoms with Crippen LogP contribution in [0.3, 0.4) is 0 Å². The Balaban J connectivity index is 1.49. The molecule has 37 heavy (non-hydrogen) atoms. The number of aromatic nitrogens is 1. The maximum Gasteiger partial charge on any atom is 0.249 e. The van der Waals surface area contributed by atoms with Crippen LogP contribution in [0.1, 0.15) is 21.9 Å². The summed E-state index contributed by atoms with van der Waals surface area (Å²) in [5.41, 5.74) is 16.7. The number of para-hydroxylation sites is 2. The Hall–Kier alpha value is -4.40. The molecule has 0 bridgehead atoms. The summed E-state index contributed by atoms with van der Waals surface area (Å²) >= 11 is 0. The van der Waals surface area contributed by atoms with E-state index in [0.717, 1.165) is 20.7 Å². The van der Waals surface area contributed by atoms with Crippen molar-refractivity contribution >= 4 is 33.4 Å². The molecule has 5 N–H and O–H groups in total. The lowest BCUT2D eigenvalue weighted by Gasteiger charge is -2.16. The van der Waals surface area contributed by atoms with E-state index in [-0.39, 0.29) is 5.91 Å². The van der Waals surface area contributed by atoms with Gasteiger partial charge in [-0.25, -0.2) is 8.42 Å². The lowest BCUT2D eigenvalue weighted by molar-refractivity contribution is -0.111. The normalized spacial score (nSPS) is 12.4. The number of hydrogen-bond donors (Lipinski definition) is 3. The van der Waals surface area contributed by atoms with Crippen molar-refractivity contribution in [3.05, 3.63) is 127 Å². The molecule has 0 aliphatic carbocycles. The van der Waals surface area contributed by atoms with E-state index in [4.69, 9.17) is 11.5 Å². The van der Waals surface area contributed by atoms with Gasteiger partial charge in [0.15, 0.2) is 0 Å². The molecule has 7 nitrogen and oxygen atoms in total. The fraction of sp³-hybridized carbons (Fsp3) is 0.0690. The minimum atomic E-state index is -3.83. The Morgan fingerprint density at radius 2 is 1.62 bits per heavy atom. The summed E-state index contributed by atoms with van der Waals surface area (Å²) < 4.78 is 27.9.